The number of phenols is 1. The van der Waals surface area contributed by atoms with E-state index in [9.17, 15) is 9.90 Å². The molecular weight excluding hydrogens is 184 g/mol. The molecule has 6 heteroatoms. The number of fused-ring (bicyclic) bond motifs is 1. The fourth-order valence-electron chi connectivity index (χ4n) is 1.21. The zero-order valence-electron chi connectivity index (χ0n) is 6.98. The molecule has 2 rings (SSSR count). The molecule has 1 aromatic heterocycles. The van der Waals surface area contributed by atoms with E-state index in [4.69, 9.17) is 5.53 Å². The van der Waals surface area contributed by atoms with Crippen LogP contribution < -0.4 is 5.56 Å². The summed E-state index contributed by atoms with van der Waals surface area (Å²) in [5, 5.41) is 12.5. The van der Waals surface area contributed by atoms with Gasteiger partial charge in [-0.15, -0.1) is 5.11 Å². The van der Waals surface area contributed by atoms with Crippen molar-refractivity contribution in [2.24, 2.45) is 5.11 Å². The maximum absolute atomic E-state index is 11.4. The molecule has 0 aliphatic heterocycles. The maximum atomic E-state index is 11.4. The van der Waals surface area contributed by atoms with Crippen molar-refractivity contribution in [1.29, 1.82) is 5.53 Å². The van der Waals surface area contributed by atoms with Crippen LogP contribution in [0.4, 0.5) is 5.95 Å². The first kappa shape index (κ1) is 8.36. The van der Waals surface area contributed by atoms with E-state index in [1.165, 1.54) is 6.07 Å². The van der Waals surface area contributed by atoms with E-state index < -0.39 is 5.56 Å². The van der Waals surface area contributed by atoms with Gasteiger partial charge in [-0.05, 0) is 12.1 Å². The molecule has 3 N–H and O–H groups in total. The lowest BCUT2D eigenvalue weighted by molar-refractivity contribution is 0.481. The largest absolute Gasteiger partial charge is 0.507 e. The average molecular weight is 190 g/mol. The number of aromatic hydroxyl groups is 1. The predicted molar refractivity (Wildman–Crippen MR) is 48.8 cm³/mol. The summed E-state index contributed by atoms with van der Waals surface area (Å²) in [6.45, 7) is 0. The van der Waals surface area contributed by atoms with E-state index in [1.54, 1.807) is 12.1 Å². The van der Waals surface area contributed by atoms with Crippen LogP contribution in [0, 0.1) is 5.53 Å². The number of phenolic OH excluding ortho intramolecular Hbond substituents is 1. The van der Waals surface area contributed by atoms with Crippen LogP contribution in [0.2, 0.25) is 0 Å². The van der Waals surface area contributed by atoms with Gasteiger partial charge in [-0.3, -0.25) is 9.78 Å². The van der Waals surface area contributed by atoms with Gasteiger partial charge in [0.1, 0.15) is 11.1 Å². The predicted octanol–water partition coefficient (Wildman–Crippen LogP) is 1.29. The summed E-state index contributed by atoms with van der Waals surface area (Å²) in [6.07, 6.45) is 0. The van der Waals surface area contributed by atoms with E-state index in [-0.39, 0.29) is 17.1 Å². The molecule has 0 aliphatic rings. The monoisotopic (exact) mass is 190 g/mol. The Hall–Kier alpha value is -2.24. The van der Waals surface area contributed by atoms with Gasteiger partial charge in [-0.1, -0.05) is 6.07 Å². The highest BCUT2D eigenvalue weighted by Gasteiger charge is 2.06. The lowest BCUT2D eigenvalue weighted by Crippen LogP contribution is -2.07. The highest BCUT2D eigenvalue weighted by Crippen LogP contribution is 2.19. The van der Waals surface area contributed by atoms with Crippen LogP contribution in [0.3, 0.4) is 0 Å². The van der Waals surface area contributed by atoms with Crippen LogP contribution in [0.5, 0.6) is 5.75 Å². The van der Waals surface area contributed by atoms with Gasteiger partial charge in [0.15, 0.2) is 0 Å². The first-order chi connectivity index (χ1) is 6.72. The highest BCUT2D eigenvalue weighted by atomic mass is 16.3. The Bertz CT molecular complexity index is 561. The third-order valence-corrected chi connectivity index (χ3v) is 1.81. The summed E-state index contributed by atoms with van der Waals surface area (Å²) >= 11 is 0. The second kappa shape index (κ2) is 2.91. The van der Waals surface area contributed by atoms with Gasteiger partial charge < -0.3 is 5.11 Å². The quantitative estimate of drug-likeness (QED) is 0.590. The van der Waals surface area contributed by atoms with Crippen LogP contribution in [-0.4, -0.2) is 15.1 Å². The summed E-state index contributed by atoms with van der Waals surface area (Å²) in [7, 11) is 0. The topological polar surface area (TPSA) is 102 Å². The Morgan fingerprint density at radius 3 is 3.00 bits per heavy atom. The molecule has 0 bridgehead atoms. The lowest BCUT2D eigenvalue weighted by Gasteiger charge is -1.98. The minimum Gasteiger partial charge on any atom is -0.507 e. The van der Waals surface area contributed by atoms with Gasteiger partial charge in [-0.2, -0.15) is 0 Å². The minimum absolute atomic E-state index is 0.0758. The molecule has 70 valence electrons. The molecule has 0 radical (unpaired) electrons. The Kier molecular flexibility index (Phi) is 1.74. The van der Waals surface area contributed by atoms with Crippen molar-refractivity contribution in [3.8, 4) is 5.75 Å². The molecule has 14 heavy (non-hydrogen) atoms. The van der Waals surface area contributed by atoms with E-state index in [2.05, 4.69) is 15.1 Å². The van der Waals surface area contributed by atoms with Crippen molar-refractivity contribution in [2.75, 3.05) is 0 Å². The van der Waals surface area contributed by atoms with Gasteiger partial charge in [0.05, 0.1) is 5.52 Å². The van der Waals surface area contributed by atoms with E-state index in [0.29, 0.717) is 5.52 Å². The molecule has 0 unspecified atom stereocenters. The summed E-state index contributed by atoms with van der Waals surface area (Å²) in [6, 6.07) is 4.54. The number of H-pyrrole nitrogens is 1. The number of aromatic amines is 1. The fourth-order valence-corrected chi connectivity index (χ4v) is 1.21. The highest BCUT2D eigenvalue weighted by molar-refractivity contribution is 5.84. The van der Waals surface area contributed by atoms with Crippen LogP contribution in [0.15, 0.2) is 28.1 Å². The number of nitrogens with one attached hydrogen (secondary N) is 2. The maximum Gasteiger partial charge on any atom is 0.264 e. The number of hydrogen-bond acceptors (Lipinski definition) is 5. The fraction of sp³-hybridized carbons (Fsp3) is 0. The summed E-state index contributed by atoms with van der Waals surface area (Å²) in [5.74, 6) is -0.208. The van der Waals surface area contributed by atoms with Gasteiger partial charge in [-0.25, -0.2) is 10.5 Å². The second-order valence-electron chi connectivity index (χ2n) is 2.67. The average Bonchev–Trinajstić information content (AvgIpc) is 2.17. The third-order valence-electron chi connectivity index (χ3n) is 1.81. The Labute approximate surface area is 77.7 Å². The molecule has 1 heterocycles. The summed E-state index contributed by atoms with van der Waals surface area (Å²) in [4.78, 5) is 17.5. The second-order valence-corrected chi connectivity index (χ2v) is 2.67. The molecule has 2 aromatic rings. The Morgan fingerprint density at radius 1 is 1.50 bits per heavy atom. The minimum atomic E-state index is -0.501. The van der Waals surface area contributed by atoms with Crippen molar-refractivity contribution >= 4 is 16.9 Å². The summed E-state index contributed by atoms with van der Waals surface area (Å²) < 4.78 is 0. The van der Waals surface area contributed by atoms with Crippen molar-refractivity contribution in [2.45, 2.75) is 0 Å². The number of nitrogens with zero attached hydrogens (tertiary/aromatic N) is 2. The first-order valence-electron chi connectivity index (χ1n) is 3.82. The Balaban J connectivity index is 2.97. The number of aromatic nitrogens is 2. The molecule has 6 nitrogen and oxygen atoms in total. The molecular formula is C8H6N4O2. The van der Waals surface area contributed by atoms with Gasteiger partial charge in [0, 0.05) is 0 Å². The van der Waals surface area contributed by atoms with Crippen molar-refractivity contribution < 1.29 is 5.11 Å². The van der Waals surface area contributed by atoms with Gasteiger partial charge >= 0.3 is 0 Å². The summed E-state index contributed by atoms with van der Waals surface area (Å²) in [5.41, 5.74) is 6.52. The van der Waals surface area contributed by atoms with Crippen LogP contribution in [0.1, 0.15) is 0 Å². The van der Waals surface area contributed by atoms with Crippen LogP contribution in [-0.2, 0) is 0 Å². The lowest BCUT2D eigenvalue weighted by atomic mass is 10.2. The SMILES string of the molecule is N=Nc1nc2cccc(O)c2c(=O)[nH]1. The van der Waals surface area contributed by atoms with Crippen LogP contribution >= 0.6 is 0 Å². The van der Waals surface area contributed by atoms with Gasteiger partial charge in [0.25, 0.3) is 5.56 Å². The normalized spacial score (nSPS) is 10.3. The molecule has 0 amide bonds. The zero-order chi connectivity index (χ0) is 10.1. The zero-order valence-corrected chi connectivity index (χ0v) is 6.98. The molecule has 0 fully saturated rings. The molecule has 0 saturated carbocycles. The Morgan fingerprint density at radius 2 is 2.29 bits per heavy atom. The van der Waals surface area contributed by atoms with Crippen LogP contribution in [0.25, 0.3) is 10.9 Å². The molecule has 0 spiro atoms. The smallest absolute Gasteiger partial charge is 0.264 e. The van der Waals surface area contributed by atoms with E-state index >= 15 is 0 Å². The van der Waals surface area contributed by atoms with E-state index in [1.807, 2.05) is 0 Å². The van der Waals surface area contributed by atoms with Gasteiger partial charge in [0.2, 0.25) is 5.95 Å². The molecule has 1 aromatic carbocycles. The molecule has 0 atom stereocenters. The molecule has 0 saturated heterocycles. The third kappa shape index (κ3) is 1.13. The van der Waals surface area contributed by atoms with Crippen molar-refractivity contribution in [3.63, 3.8) is 0 Å². The standard InChI is InChI=1S/C8H6N4O2/c9-12-8-10-4-2-1-3-5(13)6(4)7(14)11-8/h1-3,9,13H,(H,10,11,14). The number of hydrogen-bond donors (Lipinski definition) is 3. The van der Waals surface area contributed by atoms with E-state index in [0.717, 1.165) is 0 Å². The first-order valence-corrected chi connectivity index (χ1v) is 3.82. The number of rotatable bonds is 1. The number of benzene rings is 1. The van der Waals surface area contributed by atoms with Crippen molar-refractivity contribution in [3.05, 3.63) is 28.6 Å². The molecule has 0 aliphatic carbocycles. The van der Waals surface area contributed by atoms with Crippen molar-refractivity contribution in [1.82, 2.24) is 9.97 Å².